The Morgan fingerprint density at radius 1 is 1.04 bits per heavy atom. The van der Waals surface area contributed by atoms with Crippen LogP contribution in [0.4, 0.5) is 0 Å². The topological polar surface area (TPSA) is 19.0 Å². The minimum absolute atomic E-state index is 0.727. The third-order valence-electron chi connectivity index (χ3n) is 6.29. The summed E-state index contributed by atoms with van der Waals surface area (Å²) in [4.78, 5) is 5.93. The minimum atomic E-state index is 0.727. The minimum Gasteiger partial charge on any atom is -0.373 e. The molecule has 0 spiro atoms. The van der Waals surface area contributed by atoms with E-state index in [-0.39, 0.29) is 0 Å². The van der Waals surface area contributed by atoms with Crippen LogP contribution in [-0.2, 0) is 0 Å². The number of nitrogens with one attached hydrogen (secondary N) is 1. The van der Waals surface area contributed by atoms with Crippen molar-refractivity contribution < 1.29 is 0 Å². The fraction of sp³-hybridized carbons (Fsp3) is 0.308. The van der Waals surface area contributed by atoms with E-state index in [4.69, 9.17) is 0 Å². The van der Waals surface area contributed by atoms with Gasteiger partial charge >= 0.3 is 0 Å². The average Bonchev–Trinajstić information content (AvgIpc) is 3.19. The van der Waals surface area contributed by atoms with Gasteiger partial charge in [-0.05, 0) is 73.1 Å². The summed E-state index contributed by atoms with van der Waals surface area (Å²) in [5.74, 6) is 0.727. The summed E-state index contributed by atoms with van der Waals surface area (Å²) in [6, 6.07) is 8.64. The van der Waals surface area contributed by atoms with E-state index in [0.717, 1.165) is 31.8 Å². The first-order valence-corrected chi connectivity index (χ1v) is 10.6. The van der Waals surface area contributed by atoms with Gasteiger partial charge in [-0.1, -0.05) is 48.6 Å². The van der Waals surface area contributed by atoms with Gasteiger partial charge in [0, 0.05) is 35.8 Å². The molecule has 0 fully saturated rings. The molecule has 2 aromatic rings. The Balaban J connectivity index is 1.23. The number of aromatic nitrogens is 1. The maximum Gasteiger partial charge on any atom is 0.0460 e. The molecular weight excluding hydrogens is 340 g/mol. The molecule has 0 amide bonds. The SMILES string of the molecule is C1=CCC(C2=CCN(CC3CCC=C(c4c[nH]c5ccccc45)C3)C=C2)=CC1. The van der Waals surface area contributed by atoms with Gasteiger partial charge in [0.1, 0.15) is 0 Å². The lowest BCUT2D eigenvalue weighted by Crippen LogP contribution is -2.28. The fourth-order valence-electron chi connectivity index (χ4n) is 4.77. The van der Waals surface area contributed by atoms with Gasteiger partial charge in [-0.2, -0.15) is 0 Å². The molecule has 0 saturated carbocycles. The van der Waals surface area contributed by atoms with Crippen LogP contribution in [0, 0.1) is 5.92 Å². The molecule has 2 aliphatic carbocycles. The monoisotopic (exact) mass is 368 g/mol. The standard InChI is InChI=1S/C26H28N2/c1-2-8-21(9-3-1)22-13-15-28(16-14-22)19-20-7-6-10-23(17-20)25-18-27-26-12-5-4-11-24(25)26/h1-2,4-5,9-15,18,20,27H,3,6-8,16-17,19H2. The maximum absolute atomic E-state index is 3.44. The lowest BCUT2D eigenvalue weighted by molar-refractivity contribution is 0.315. The molecule has 1 aliphatic heterocycles. The number of benzene rings is 1. The van der Waals surface area contributed by atoms with Crippen molar-refractivity contribution in [2.24, 2.45) is 5.92 Å². The van der Waals surface area contributed by atoms with Crippen molar-refractivity contribution >= 4 is 16.5 Å². The molecule has 2 nitrogen and oxygen atoms in total. The van der Waals surface area contributed by atoms with E-state index >= 15 is 0 Å². The smallest absolute Gasteiger partial charge is 0.0460 e. The van der Waals surface area contributed by atoms with E-state index in [9.17, 15) is 0 Å². The third kappa shape index (κ3) is 3.52. The maximum atomic E-state index is 3.44. The lowest BCUT2D eigenvalue weighted by Gasteiger charge is -2.30. The number of rotatable bonds is 4. The Morgan fingerprint density at radius 3 is 2.86 bits per heavy atom. The van der Waals surface area contributed by atoms with Gasteiger partial charge in [0.2, 0.25) is 0 Å². The van der Waals surface area contributed by atoms with E-state index in [0.29, 0.717) is 0 Å². The molecule has 2 heteroatoms. The van der Waals surface area contributed by atoms with Crippen molar-refractivity contribution in [1.29, 1.82) is 0 Å². The van der Waals surface area contributed by atoms with Crippen molar-refractivity contribution in [3.05, 3.63) is 89.8 Å². The third-order valence-corrected chi connectivity index (χ3v) is 6.29. The highest BCUT2D eigenvalue weighted by molar-refractivity contribution is 5.92. The molecule has 142 valence electrons. The number of aromatic amines is 1. The van der Waals surface area contributed by atoms with E-state index < -0.39 is 0 Å². The Bertz CT molecular complexity index is 1010. The van der Waals surface area contributed by atoms with Crippen LogP contribution in [0.15, 0.2) is 84.3 Å². The first kappa shape index (κ1) is 17.4. The second-order valence-corrected chi connectivity index (χ2v) is 8.19. The Hall–Kier alpha value is -2.74. The molecule has 5 rings (SSSR count). The average molecular weight is 369 g/mol. The summed E-state index contributed by atoms with van der Waals surface area (Å²) in [6.45, 7) is 2.19. The van der Waals surface area contributed by atoms with Gasteiger partial charge in [-0.3, -0.25) is 0 Å². The molecule has 1 N–H and O–H groups in total. The van der Waals surface area contributed by atoms with Crippen molar-refractivity contribution in [2.45, 2.75) is 32.1 Å². The fourth-order valence-corrected chi connectivity index (χ4v) is 4.77. The number of hydrogen-bond acceptors (Lipinski definition) is 1. The molecule has 1 aromatic heterocycles. The Labute approximate surface area is 167 Å². The highest BCUT2D eigenvalue weighted by Gasteiger charge is 2.21. The van der Waals surface area contributed by atoms with Crippen LogP contribution in [0.3, 0.4) is 0 Å². The quantitative estimate of drug-likeness (QED) is 0.620. The molecule has 1 aromatic carbocycles. The molecule has 28 heavy (non-hydrogen) atoms. The first-order valence-electron chi connectivity index (χ1n) is 10.6. The molecule has 3 aliphatic rings. The van der Waals surface area contributed by atoms with E-state index in [1.807, 2.05) is 0 Å². The zero-order chi connectivity index (χ0) is 18.8. The molecule has 2 heterocycles. The Kier molecular flexibility index (Phi) is 4.78. The zero-order valence-corrected chi connectivity index (χ0v) is 16.4. The number of para-hydroxylation sites is 1. The van der Waals surface area contributed by atoms with Gasteiger partial charge in [0.25, 0.3) is 0 Å². The van der Waals surface area contributed by atoms with Crippen LogP contribution < -0.4 is 0 Å². The molecule has 1 atom stereocenters. The van der Waals surface area contributed by atoms with Crippen molar-refractivity contribution in [3.8, 4) is 0 Å². The number of fused-ring (bicyclic) bond motifs is 1. The largest absolute Gasteiger partial charge is 0.373 e. The van der Waals surface area contributed by atoms with Gasteiger partial charge in [0.05, 0.1) is 0 Å². The van der Waals surface area contributed by atoms with Crippen LogP contribution in [-0.4, -0.2) is 23.0 Å². The van der Waals surface area contributed by atoms with E-state index in [1.165, 1.54) is 52.4 Å². The Morgan fingerprint density at radius 2 is 2.00 bits per heavy atom. The molecule has 0 radical (unpaired) electrons. The number of H-pyrrole nitrogens is 1. The molecule has 0 saturated heterocycles. The number of nitrogens with zero attached hydrogens (tertiary/aromatic N) is 1. The molecular formula is C26H28N2. The summed E-state index contributed by atoms with van der Waals surface area (Å²) < 4.78 is 0. The summed E-state index contributed by atoms with van der Waals surface area (Å²) in [5.41, 5.74) is 7.06. The molecule has 1 unspecified atom stereocenters. The van der Waals surface area contributed by atoms with Crippen LogP contribution in [0.1, 0.15) is 37.7 Å². The predicted molar refractivity (Wildman–Crippen MR) is 119 cm³/mol. The highest BCUT2D eigenvalue weighted by Crippen LogP contribution is 2.35. The molecule has 0 bridgehead atoms. The number of hydrogen-bond donors (Lipinski definition) is 1. The summed E-state index contributed by atoms with van der Waals surface area (Å²) >= 11 is 0. The van der Waals surface area contributed by atoms with Crippen LogP contribution in [0.25, 0.3) is 16.5 Å². The second kappa shape index (κ2) is 7.71. The van der Waals surface area contributed by atoms with Gasteiger partial charge in [-0.25, -0.2) is 0 Å². The summed E-state index contributed by atoms with van der Waals surface area (Å²) in [7, 11) is 0. The van der Waals surface area contributed by atoms with Crippen molar-refractivity contribution in [1.82, 2.24) is 9.88 Å². The lowest BCUT2D eigenvalue weighted by atomic mass is 9.85. The van der Waals surface area contributed by atoms with Gasteiger partial charge in [-0.15, -0.1) is 0 Å². The highest BCUT2D eigenvalue weighted by atomic mass is 15.1. The van der Waals surface area contributed by atoms with E-state index in [1.54, 1.807) is 0 Å². The first-order chi connectivity index (χ1) is 13.9. The van der Waals surface area contributed by atoms with Crippen molar-refractivity contribution in [2.75, 3.05) is 13.1 Å². The van der Waals surface area contributed by atoms with Crippen LogP contribution in [0.2, 0.25) is 0 Å². The van der Waals surface area contributed by atoms with Crippen molar-refractivity contribution in [3.63, 3.8) is 0 Å². The van der Waals surface area contributed by atoms with Crippen LogP contribution in [0.5, 0.6) is 0 Å². The van der Waals surface area contributed by atoms with Gasteiger partial charge < -0.3 is 9.88 Å². The summed E-state index contributed by atoms with van der Waals surface area (Å²) in [6.07, 6.45) is 24.4. The van der Waals surface area contributed by atoms with Crippen LogP contribution >= 0.6 is 0 Å². The normalized spacial score (nSPS) is 22.2. The predicted octanol–water partition coefficient (Wildman–Crippen LogP) is 6.38. The summed E-state index contributed by atoms with van der Waals surface area (Å²) in [5, 5.41) is 1.36. The zero-order valence-electron chi connectivity index (χ0n) is 16.4. The van der Waals surface area contributed by atoms with Gasteiger partial charge in [0.15, 0.2) is 0 Å². The number of allylic oxidation sites excluding steroid dienone is 8. The second-order valence-electron chi connectivity index (χ2n) is 8.19. The van der Waals surface area contributed by atoms with E-state index in [2.05, 4.69) is 83.0 Å².